The minimum Gasteiger partial charge on any atom is -0.508 e. The van der Waals surface area contributed by atoms with E-state index in [9.17, 15) is 24.6 Å². The molecule has 6 heteroatoms. The third kappa shape index (κ3) is 10.5. The van der Waals surface area contributed by atoms with Gasteiger partial charge in [-0.1, -0.05) is 65.3 Å². The van der Waals surface area contributed by atoms with E-state index in [2.05, 4.69) is 11.4 Å². The molecule has 0 aliphatic rings. The third-order valence-electron chi connectivity index (χ3n) is 4.95. The monoisotopic (exact) mass is 451 g/mol. The third-order valence-corrected chi connectivity index (χ3v) is 4.95. The molecule has 1 aromatic rings. The Morgan fingerprint density at radius 2 is 1.61 bits per heavy atom. The van der Waals surface area contributed by atoms with Crippen molar-refractivity contribution in [2.24, 2.45) is 5.92 Å². The molecule has 0 aliphatic carbocycles. The molecule has 0 saturated carbocycles. The number of carboxylic acids is 1. The highest BCUT2D eigenvalue weighted by Crippen LogP contribution is 2.12. The maximum absolute atomic E-state index is 12.4. The quantitative estimate of drug-likeness (QED) is 0.257. The molecule has 6 nitrogen and oxygen atoms in total. The van der Waals surface area contributed by atoms with Crippen LogP contribution < -0.4 is 5.32 Å². The summed E-state index contributed by atoms with van der Waals surface area (Å²) in [6.45, 7) is 9.29. The van der Waals surface area contributed by atoms with Gasteiger partial charge in [0.2, 0.25) is 5.91 Å². The van der Waals surface area contributed by atoms with Crippen molar-refractivity contribution in [1.29, 1.82) is 0 Å². The van der Waals surface area contributed by atoms with E-state index in [1.54, 1.807) is 18.2 Å². The largest absolute Gasteiger partial charge is 0.508 e. The smallest absolute Gasteiger partial charge is 0.326 e. The van der Waals surface area contributed by atoms with Gasteiger partial charge in [0.05, 0.1) is 5.92 Å². The van der Waals surface area contributed by atoms with Crippen molar-refractivity contribution in [1.82, 2.24) is 5.32 Å². The van der Waals surface area contributed by atoms with Crippen LogP contribution in [0.2, 0.25) is 0 Å². The number of allylic oxidation sites excluding steroid dienone is 10. The zero-order valence-electron chi connectivity index (χ0n) is 19.8. The highest BCUT2D eigenvalue weighted by atomic mass is 16.4. The molecule has 0 bridgehead atoms. The molecule has 1 amide bonds. The molecule has 0 aromatic heterocycles. The molecule has 0 spiro atoms. The van der Waals surface area contributed by atoms with Crippen LogP contribution in [0.5, 0.6) is 5.75 Å². The second-order valence-corrected chi connectivity index (χ2v) is 7.92. The van der Waals surface area contributed by atoms with Crippen molar-refractivity contribution in [2.45, 2.75) is 47.1 Å². The van der Waals surface area contributed by atoms with E-state index in [1.165, 1.54) is 30.7 Å². The Hall–Kier alpha value is -3.67. The zero-order chi connectivity index (χ0) is 25.0. The molecule has 0 saturated heterocycles. The molecule has 176 valence electrons. The molecular weight excluding hydrogens is 418 g/mol. The van der Waals surface area contributed by atoms with Crippen LogP contribution in [-0.4, -0.2) is 33.9 Å². The number of hydrogen-bond donors (Lipinski definition) is 3. The van der Waals surface area contributed by atoms with Crippen molar-refractivity contribution < 1.29 is 24.6 Å². The highest BCUT2D eigenvalue weighted by molar-refractivity contribution is 6.07. The number of hydrogen-bond acceptors (Lipinski definition) is 4. The standard InChI is InChI=1S/C27H33NO5/c1-6-18(2)16-20(4)9-7-8-19(3)10-15-25(30)21(5)26(31)28-24(27(32)33)17-22-11-13-23(29)14-12-22/h6-16,21,24,29H,17H2,1-5H3,(H,28,31)(H,32,33)/b9-7+,15-10+,18-6+,19-8+,20-16+/t21?,24-/m0/s1. The Bertz CT molecular complexity index is 994. The fourth-order valence-corrected chi connectivity index (χ4v) is 2.75. The second-order valence-electron chi connectivity index (χ2n) is 7.92. The molecule has 1 aromatic carbocycles. The average molecular weight is 452 g/mol. The summed E-state index contributed by atoms with van der Waals surface area (Å²) in [4.78, 5) is 36.4. The number of nitrogens with one attached hydrogen (secondary N) is 1. The van der Waals surface area contributed by atoms with Crippen LogP contribution in [0.25, 0.3) is 0 Å². The van der Waals surface area contributed by atoms with Crippen molar-refractivity contribution in [2.75, 3.05) is 0 Å². The first-order valence-corrected chi connectivity index (χ1v) is 10.7. The lowest BCUT2D eigenvalue weighted by atomic mass is 10.0. The number of benzene rings is 1. The van der Waals surface area contributed by atoms with Crippen LogP contribution in [0.3, 0.4) is 0 Å². The predicted molar refractivity (Wildman–Crippen MR) is 131 cm³/mol. The minimum atomic E-state index is -1.20. The van der Waals surface area contributed by atoms with E-state index in [4.69, 9.17) is 0 Å². The van der Waals surface area contributed by atoms with Crippen LogP contribution in [-0.2, 0) is 20.8 Å². The summed E-state index contributed by atoms with van der Waals surface area (Å²) >= 11 is 0. The Morgan fingerprint density at radius 1 is 0.970 bits per heavy atom. The Kier molecular flexibility index (Phi) is 11.3. The molecule has 1 rings (SSSR count). The lowest BCUT2D eigenvalue weighted by Crippen LogP contribution is -2.45. The first kappa shape index (κ1) is 27.4. The number of ketones is 1. The summed E-state index contributed by atoms with van der Waals surface area (Å²) in [7, 11) is 0. The van der Waals surface area contributed by atoms with Gasteiger partial charge in [-0.25, -0.2) is 4.79 Å². The van der Waals surface area contributed by atoms with Crippen molar-refractivity contribution >= 4 is 17.7 Å². The van der Waals surface area contributed by atoms with Gasteiger partial charge < -0.3 is 15.5 Å². The lowest BCUT2D eigenvalue weighted by molar-refractivity contribution is -0.143. The Balaban J connectivity index is 2.72. The molecule has 3 N–H and O–H groups in total. The van der Waals surface area contributed by atoms with Crippen molar-refractivity contribution in [3.8, 4) is 5.75 Å². The van der Waals surface area contributed by atoms with Gasteiger partial charge in [0, 0.05) is 6.42 Å². The van der Waals surface area contributed by atoms with Gasteiger partial charge in [0.15, 0.2) is 5.78 Å². The van der Waals surface area contributed by atoms with Gasteiger partial charge in [0.25, 0.3) is 0 Å². The lowest BCUT2D eigenvalue weighted by Gasteiger charge is -2.17. The Labute approximate surface area is 195 Å². The minimum absolute atomic E-state index is 0.0354. The van der Waals surface area contributed by atoms with Gasteiger partial charge >= 0.3 is 5.97 Å². The number of aromatic hydroxyl groups is 1. The summed E-state index contributed by atoms with van der Waals surface area (Å²) in [5, 5.41) is 21.2. The molecule has 1 unspecified atom stereocenters. The van der Waals surface area contributed by atoms with Crippen LogP contribution in [0.1, 0.15) is 40.2 Å². The second kappa shape index (κ2) is 13.7. The summed E-state index contributed by atoms with van der Waals surface area (Å²) < 4.78 is 0. The van der Waals surface area contributed by atoms with E-state index >= 15 is 0 Å². The number of phenols is 1. The fourth-order valence-electron chi connectivity index (χ4n) is 2.75. The number of amides is 1. The van der Waals surface area contributed by atoms with Crippen LogP contribution in [0, 0.1) is 5.92 Å². The first-order chi connectivity index (χ1) is 15.5. The molecule has 33 heavy (non-hydrogen) atoms. The fraction of sp³-hybridized carbons (Fsp3) is 0.296. The highest BCUT2D eigenvalue weighted by Gasteiger charge is 2.26. The molecule has 2 atom stereocenters. The van der Waals surface area contributed by atoms with E-state index < -0.39 is 29.6 Å². The number of carboxylic acid groups (broad SMARTS) is 1. The van der Waals surface area contributed by atoms with Gasteiger partial charge in [-0.3, -0.25) is 9.59 Å². The summed E-state index contributed by atoms with van der Waals surface area (Å²) in [5.74, 6) is -3.24. The van der Waals surface area contributed by atoms with Gasteiger partial charge in [0.1, 0.15) is 11.8 Å². The topological polar surface area (TPSA) is 104 Å². The Morgan fingerprint density at radius 3 is 2.18 bits per heavy atom. The molecule has 0 aliphatic heterocycles. The molecule has 0 radical (unpaired) electrons. The van der Waals surface area contributed by atoms with E-state index in [0.717, 1.165) is 11.1 Å². The summed E-state index contributed by atoms with van der Waals surface area (Å²) in [5.41, 5.74) is 3.74. The van der Waals surface area contributed by atoms with Crippen LogP contribution in [0.15, 0.2) is 83.5 Å². The summed E-state index contributed by atoms with van der Waals surface area (Å²) in [6, 6.07) is 4.86. The van der Waals surface area contributed by atoms with Gasteiger partial charge in [-0.05, 0) is 58.4 Å². The maximum atomic E-state index is 12.4. The normalized spacial score (nSPS) is 15.0. The zero-order valence-corrected chi connectivity index (χ0v) is 19.8. The SMILES string of the molecule is C/C=C(C)/C=C(C)/C=C/C=C(C)/C=C/C(=O)C(C)C(=O)N[C@@H](Cc1ccc(O)cc1)C(=O)O. The predicted octanol–water partition coefficient (Wildman–Crippen LogP) is 4.68. The molecule has 0 fully saturated rings. The van der Waals surface area contributed by atoms with E-state index in [0.29, 0.717) is 5.56 Å². The number of rotatable bonds is 11. The number of phenolic OH excluding ortho intramolecular Hbond substituents is 1. The number of carbonyl (C=O) groups excluding carboxylic acids is 2. The van der Waals surface area contributed by atoms with E-state index in [-0.39, 0.29) is 12.2 Å². The van der Waals surface area contributed by atoms with Crippen molar-refractivity contribution in [3.63, 3.8) is 0 Å². The first-order valence-electron chi connectivity index (χ1n) is 10.7. The van der Waals surface area contributed by atoms with Gasteiger partial charge in [-0.15, -0.1) is 0 Å². The van der Waals surface area contributed by atoms with Crippen LogP contribution >= 0.6 is 0 Å². The average Bonchev–Trinajstić information content (AvgIpc) is 2.77. The van der Waals surface area contributed by atoms with Gasteiger partial charge in [-0.2, -0.15) is 0 Å². The van der Waals surface area contributed by atoms with Crippen molar-refractivity contribution in [3.05, 3.63) is 89.1 Å². The summed E-state index contributed by atoms with van der Waals surface area (Å²) in [6.07, 6.45) is 12.8. The number of carbonyl (C=O) groups is 3. The molecule has 0 heterocycles. The maximum Gasteiger partial charge on any atom is 0.326 e. The number of aliphatic carboxylic acids is 1. The van der Waals surface area contributed by atoms with Crippen LogP contribution in [0.4, 0.5) is 0 Å². The molecular formula is C27H33NO5. The van der Waals surface area contributed by atoms with E-state index in [1.807, 2.05) is 52.0 Å².